The lowest BCUT2D eigenvalue weighted by Gasteiger charge is -2.15. The van der Waals surface area contributed by atoms with E-state index in [9.17, 15) is 4.79 Å². The molecule has 0 spiro atoms. The number of hydrazone groups is 1. The average molecular weight is 408 g/mol. The number of likely N-dealkylation sites (tertiary alicyclic amines) is 1. The van der Waals surface area contributed by atoms with E-state index in [1.54, 1.807) is 6.20 Å². The summed E-state index contributed by atoms with van der Waals surface area (Å²) in [6.45, 7) is 10.1. The van der Waals surface area contributed by atoms with E-state index in [0.29, 0.717) is 23.0 Å². The van der Waals surface area contributed by atoms with Crippen LogP contribution in [-0.2, 0) is 11.2 Å². The maximum absolute atomic E-state index is 12.5. The molecule has 0 bridgehead atoms. The third-order valence-electron chi connectivity index (χ3n) is 5.82. The first-order chi connectivity index (χ1) is 14.5. The van der Waals surface area contributed by atoms with Crippen LogP contribution in [0.2, 0.25) is 0 Å². The van der Waals surface area contributed by atoms with Crippen molar-refractivity contribution in [2.45, 2.75) is 52.4 Å². The Kier molecular flexibility index (Phi) is 6.03. The number of hydrogen-bond acceptors (Lipinski definition) is 6. The van der Waals surface area contributed by atoms with E-state index in [1.165, 1.54) is 48.9 Å². The molecule has 0 aliphatic carbocycles. The van der Waals surface area contributed by atoms with Crippen molar-refractivity contribution in [2.75, 3.05) is 19.6 Å². The van der Waals surface area contributed by atoms with Gasteiger partial charge in [0.25, 0.3) is 5.91 Å². The van der Waals surface area contributed by atoms with Crippen LogP contribution in [0.1, 0.15) is 67.4 Å². The molecule has 0 radical (unpaired) electrons. The Morgan fingerprint density at radius 2 is 2.03 bits per heavy atom. The summed E-state index contributed by atoms with van der Waals surface area (Å²) in [5.74, 6) is 0.417. The standard InChI is InChI=1S/C22H29N7O/c1-14(2)19-16(7-6-12-29-10-4-5-11-29)15(3)25-18(19)13-17-20(26-28-22(17)30)21-23-8-9-24-27-21/h8-9,13-14,25H,4-7,10-12H2,1-3H3,(H,28,30). The van der Waals surface area contributed by atoms with Crippen LogP contribution in [0.5, 0.6) is 0 Å². The molecule has 2 N–H and O–H groups in total. The molecule has 0 aromatic carbocycles. The molecule has 30 heavy (non-hydrogen) atoms. The number of nitrogens with zero attached hydrogens (tertiary/aromatic N) is 5. The van der Waals surface area contributed by atoms with E-state index in [1.807, 2.05) is 6.08 Å². The minimum absolute atomic E-state index is 0.255. The quantitative estimate of drug-likeness (QED) is 0.687. The lowest BCUT2D eigenvalue weighted by atomic mass is 9.93. The third kappa shape index (κ3) is 4.18. The van der Waals surface area contributed by atoms with Crippen LogP contribution in [0.3, 0.4) is 0 Å². The molecule has 2 aromatic rings. The van der Waals surface area contributed by atoms with E-state index in [2.05, 4.69) is 56.4 Å². The third-order valence-corrected chi connectivity index (χ3v) is 5.82. The minimum atomic E-state index is -0.255. The molecule has 4 heterocycles. The maximum atomic E-state index is 12.5. The molecule has 2 aliphatic heterocycles. The molecule has 0 atom stereocenters. The summed E-state index contributed by atoms with van der Waals surface area (Å²) in [5.41, 5.74) is 8.17. The lowest BCUT2D eigenvalue weighted by molar-refractivity contribution is -0.116. The normalized spacial score (nSPS) is 18.5. The molecule has 0 unspecified atom stereocenters. The summed E-state index contributed by atoms with van der Waals surface area (Å²) < 4.78 is 0. The van der Waals surface area contributed by atoms with Crippen molar-refractivity contribution in [1.82, 2.24) is 30.5 Å². The first-order valence-electron chi connectivity index (χ1n) is 10.7. The monoisotopic (exact) mass is 407 g/mol. The van der Waals surface area contributed by atoms with Gasteiger partial charge >= 0.3 is 0 Å². The molecular weight excluding hydrogens is 378 g/mol. The molecule has 4 rings (SSSR count). The number of aromatic nitrogens is 4. The molecule has 0 saturated carbocycles. The number of aryl methyl sites for hydroxylation is 1. The molecule has 2 aromatic heterocycles. The highest BCUT2D eigenvalue weighted by molar-refractivity contribution is 6.32. The highest BCUT2D eigenvalue weighted by atomic mass is 16.2. The lowest BCUT2D eigenvalue weighted by Crippen LogP contribution is -2.20. The van der Waals surface area contributed by atoms with Crippen LogP contribution >= 0.6 is 0 Å². The fourth-order valence-corrected chi connectivity index (χ4v) is 4.43. The van der Waals surface area contributed by atoms with Crippen LogP contribution in [-0.4, -0.2) is 56.3 Å². The Balaban J connectivity index is 1.61. The fourth-order valence-electron chi connectivity index (χ4n) is 4.43. The molecule has 2 aliphatic rings. The van der Waals surface area contributed by atoms with Gasteiger partial charge in [0.1, 0.15) is 5.71 Å². The van der Waals surface area contributed by atoms with Gasteiger partial charge in [-0.3, -0.25) is 4.79 Å². The van der Waals surface area contributed by atoms with E-state index < -0.39 is 0 Å². The summed E-state index contributed by atoms with van der Waals surface area (Å²) in [6, 6.07) is 0. The highest BCUT2D eigenvalue weighted by Crippen LogP contribution is 2.30. The zero-order chi connectivity index (χ0) is 21.1. The Labute approximate surface area is 176 Å². The number of aromatic amines is 1. The van der Waals surface area contributed by atoms with Crippen molar-refractivity contribution in [2.24, 2.45) is 5.10 Å². The molecule has 158 valence electrons. The maximum Gasteiger partial charge on any atom is 0.273 e. The van der Waals surface area contributed by atoms with E-state index >= 15 is 0 Å². The van der Waals surface area contributed by atoms with Gasteiger partial charge in [-0.2, -0.15) is 10.2 Å². The molecule has 1 saturated heterocycles. The van der Waals surface area contributed by atoms with Crippen LogP contribution in [0.25, 0.3) is 6.08 Å². The van der Waals surface area contributed by atoms with E-state index in [4.69, 9.17) is 0 Å². The minimum Gasteiger partial charge on any atom is -0.359 e. The molecule has 1 amide bonds. The van der Waals surface area contributed by atoms with Gasteiger partial charge in [0.05, 0.1) is 11.8 Å². The zero-order valence-corrected chi connectivity index (χ0v) is 17.9. The van der Waals surface area contributed by atoms with E-state index in [0.717, 1.165) is 25.1 Å². The van der Waals surface area contributed by atoms with Crippen LogP contribution < -0.4 is 5.43 Å². The predicted molar refractivity (Wildman–Crippen MR) is 116 cm³/mol. The fraction of sp³-hybridized carbons (Fsp3) is 0.500. The van der Waals surface area contributed by atoms with Crippen molar-refractivity contribution < 1.29 is 4.79 Å². The Morgan fingerprint density at radius 3 is 2.73 bits per heavy atom. The van der Waals surface area contributed by atoms with Crippen molar-refractivity contribution in [3.63, 3.8) is 0 Å². The summed E-state index contributed by atoms with van der Waals surface area (Å²) in [5, 5.41) is 12.0. The van der Waals surface area contributed by atoms with Gasteiger partial charge in [0, 0.05) is 17.6 Å². The number of carbonyl (C=O) groups excluding carboxylic acids is 1. The van der Waals surface area contributed by atoms with Gasteiger partial charge < -0.3 is 9.88 Å². The van der Waals surface area contributed by atoms with Gasteiger partial charge in [-0.15, -0.1) is 5.10 Å². The van der Waals surface area contributed by atoms with Crippen molar-refractivity contribution in [3.8, 4) is 0 Å². The summed E-state index contributed by atoms with van der Waals surface area (Å²) >= 11 is 0. The smallest absolute Gasteiger partial charge is 0.273 e. The van der Waals surface area contributed by atoms with Crippen LogP contribution in [0.15, 0.2) is 23.1 Å². The van der Waals surface area contributed by atoms with Crippen LogP contribution in [0.4, 0.5) is 0 Å². The van der Waals surface area contributed by atoms with Crippen LogP contribution in [0, 0.1) is 6.92 Å². The number of H-pyrrole nitrogens is 1. The number of nitrogens with one attached hydrogen (secondary N) is 2. The summed E-state index contributed by atoms with van der Waals surface area (Å²) in [4.78, 5) is 22.7. The highest BCUT2D eigenvalue weighted by Gasteiger charge is 2.28. The van der Waals surface area contributed by atoms with Crippen molar-refractivity contribution in [3.05, 3.63) is 46.3 Å². The van der Waals surface area contributed by atoms with Crippen molar-refractivity contribution >= 4 is 17.7 Å². The molecule has 8 heteroatoms. The van der Waals surface area contributed by atoms with E-state index in [-0.39, 0.29) is 5.91 Å². The number of rotatable bonds is 7. The second-order valence-electron chi connectivity index (χ2n) is 8.29. The van der Waals surface area contributed by atoms with Gasteiger partial charge in [-0.25, -0.2) is 10.4 Å². The van der Waals surface area contributed by atoms with Gasteiger partial charge in [-0.1, -0.05) is 13.8 Å². The SMILES string of the molecule is Cc1[nH]c(C=C2C(=O)NN=C2c2nccnn2)c(C(C)C)c1CCCN1CCCC1. The molecule has 8 nitrogen and oxygen atoms in total. The summed E-state index contributed by atoms with van der Waals surface area (Å²) in [6.07, 6.45) is 9.75. The second-order valence-corrected chi connectivity index (χ2v) is 8.29. The largest absolute Gasteiger partial charge is 0.359 e. The first-order valence-corrected chi connectivity index (χ1v) is 10.7. The molecule has 1 fully saturated rings. The van der Waals surface area contributed by atoms with Crippen molar-refractivity contribution in [1.29, 1.82) is 0 Å². The molecular formula is C22H29N7O. The second kappa shape index (κ2) is 8.87. The van der Waals surface area contributed by atoms with Gasteiger partial charge in [0.15, 0.2) is 0 Å². The Hall–Kier alpha value is -2.87. The number of carbonyl (C=O) groups is 1. The number of amides is 1. The average Bonchev–Trinajstić information content (AvgIpc) is 3.44. The number of hydrogen-bond donors (Lipinski definition) is 2. The predicted octanol–water partition coefficient (Wildman–Crippen LogP) is 2.58. The topological polar surface area (TPSA) is 99.2 Å². The van der Waals surface area contributed by atoms with Gasteiger partial charge in [-0.05, 0) is 75.4 Å². The van der Waals surface area contributed by atoms with Gasteiger partial charge in [0.2, 0.25) is 5.82 Å². The Morgan fingerprint density at radius 1 is 1.23 bits per heavy atom. The first kappa shape index (κ1) is 20.4. The Bertz CT molecular complexity index is 969. The summed E-state index contributed by atoms with van der Waals surface area (Å²) in [7, 11) is 0. The zero-order valence-electron chi connectivity index (χ0n) is 17.9.